The standard InChI is InChI=1S/C18H22N6O/c1-13-4-3-5-14(21-13)11-24-9-7-15-16(10-20-18(25)6-8-19)22-23(2)17(15)12-24/h3-5H,6-7,9-12H2,1-2H3,(H,20,25). The molecule has 0 unspecified atom stereocenters. The summed E-state index contributed by atoms with van der Waals surface area (Å²) in [5, 5.41) is 15.9. The van der Waals surface area contributed by atoms with Gasteiger partial charge in [-0.2, -0.15) is 10.4 Å². The first kappa shape index (κ1) is 17.1. The lowest BCUT2D eigenvalue weighted by Crippen LogP contribution is -2.31. The molecule has 0 radical (unpaired) electrons. The molecule has 0 saturated heterocycles. The van der Waals surface area contributed by atoms with Crippen molar-refractivity contribution in [2.45, 2.75) is 39.4 Å². The van der Waals surface area contributed by atoms with E-state index in [2.05, 4.69) is 26.4 Å². The molecule has 0 spiro atoms. The number of hydrogen-bond acceptors (Lipinski definition) is 5. The molecule has 0 atom stereocenters. The highest BCUT2D eigenvalue weighted by Gasteiger charge is 2.24. The molecule has 0 aliphatic carbocycles. The number of aryl methyl sites for hydroxylation is 2. The molecule has 0 fully saturated rings. The average molecular weight is 338 g/mol. The number of fused-ring (bicyclic) bond motifs is 1. The van der Waals surface area contributed by atoms with Crippen LogP contribution in [-0.2, 0) is 37.9 Å². The number of pyridine rings is 1. The van der Waals surface area contributed by atoms with Crippen molar-refractivity contribution >= 4 is 5.91 Å². The van der Waals surface area contributed by atoms with Crippen molar-refractivity contribution in [1.82, 2.24) is 25.0 Å². The fourth-order valence-electron chi connectivity index (χ4n) is 3.22. The number of nitrogens with one attached hydrogen (secondary N) is 1. The summed E-state index contributed by atoms with van der Waals surface area (Å²) in [6.45, 7) is 4.96. The van der Waals surface area contributed by atoms with E-state index >= 15 is 0 Å². The van der Waals surface area contributed by atoms with Crippen molar-refractivity contribution in [3.63, 3.8) is 0 Å². The second kappa shape index (κ2) is 7.45. The summed E-state index contributed by atoms with van der Waals surface area (Å²) in [7, 11) is 1.94. The summed E-state index contributed by atoms with van der Waals surface area (Å²) in [6, 6.07) is 7.96. The molecule has 7 nitrogen and oxygen atoms in total. The number of nitriles is 1. The number of carbonyl (C=O) groups excluding carboxylic acids is 1. The Balaban J connectivity index is 1.67. The normalized spacial score (nSPS) is 14.0. The molecule has 25 heavy (non-hydrogen) atoms. The van der Waals surface area contributed by atoms with Crippen LogP contribution in [0.3, 0.4) is 0 Å². The summed E-state index contributed by atoms with van der Waals surface area (Å²) < 4.78 is 1.90. The molecular weight excluding hydrogens is 316 g/mol. The molecule has 7 heteroatoms. The van der Waals surface area contributed by atoms with Gasteiger partial charge < -0.3 is 5.32 Å². The molecule has 1 aliphatic heterocycles. The molecule has 1 N–H and O–H groups in total. The SMILES string of the molecule is Cc1cccc(CN2CCc3c(CNC(=O)CC#N)nn(C)c3C2)n1. The molecule has 0 bridgehead atoms. The molecule has 3 heterocycles. The summed E-state index contributed by atoms with van der Waals surface area (Å²) in [5.74, 6) is -0.259. The maximum atomic E-state index is 11.5. The second-order valence-electron chi connectivity index (χ2n) is 6.34. The Hall–Kier alpha value is -2.72. The first-order valence-electron chi connectivity index (χ1n) is 8.39. The van der Waals surface area contributed by atoms with E-state index in [1.165, 1.54) is 11.3 Å². The number of amides is 1. The molecule has 3 rings (SSSR count). The summed E-state index contributed by atoms with van der Waals surface area (Å²) >= 11 is 0. The topological polar surface area (TPSA) is 86.8 Å². The van der Waals surface area contributed by atoms with Crippen LogP contribution in [0.15, 0.2) is 18.2 Å². The molecular formula is C18H22N6O. The number of nitrogens with zero attached hydrogens (tertiary/aromatic N) is 5. The monoisotopic (exact) mass is 338 g/mol. The van der Waals surface area contributed by atoms with E-state index in [9.17, 15) is 4.79 Å². The van der Waals surface area contributed by atoms with Crippen LogP contribution < -0.4 is 5.32 Å². The van der Waals surface area contributed by atoms with Gasteiger partial charge in [0.05, 0.1) is 29.7 Å². The summed E-state index contributed by atoms with van der Waals surface area (Å²) in [6.07, 6.45) is 0.782. The van der Waals surface area contributed by atoms with E-state index in [1.54, 1.807) is 0 Å². The Morgan fingerprint density at radius 3 is 3.04 bits per heavy atom. The fourth-order valence-corrected chi connectivity index (χ4v) is 3.22. The zero-order chi connectivity index (χ0) is 17.8. The molecule has 1 aliphatic rings. The number of rotatable bonds is 5. The number of aromatic nitrogens is 3. The lowest BCUT2D eigenvalue weighted by molar-refractivity contribution is -0.120. The third-order valence-corrected chi connectivity index (χ3v) is 4.43. The van der Waals surface area contributed by atoms with Crippen LogP contribution >= 0.6 is 0 Å². The largest absolute Gasteiger partial charge is 0.349 e. The zero-order valence-electron chi connectivity index (χ0n) is 14.6. The molecule has 0 aromatic carbocycles. The first-order chi connectivity index (χ1) is 12.1. The predicted molar refractivity (Wildman–Crippen MR) is 92.1 cm³/mol. The first-order valence-corrected chi connectivity index (χ1v) is 8.39. The highest BCUT2D eigenvalue weighted by atomic mass is 16.1. The maximum absolute atomic E-state index is 11.5. The Kier molecular flexibility index (Phi) is 5.10. The molecule has 1 amide bonds. The van der Waals surface area contributed by atoms with Gasteiger partial charge in [-0.15, -0.1) is 0 Å². The van der Waals surface area contributed by atoms with Crippen LogP contribution in [0.1, 0.15) is 34.8 Å². The number of hydrogen-bond donors (Lipinski definition) is 1. The van der Waals surface area contributed by atoms with Gasteiger partial charge in [0.25, 0.3) is 0 Å². The highest BCUT2D eigenvalue weighted by molar-refractivity contribution is 5.77. The van der Waals surface area contributed by atoms with Crippen molar-refractivity contribution in [2.75, 3.05) is 6.54 Å². The average Bonchev–Trinajstić information content (AvgIpc) is 2.89. The van der Waals surface area contributed by atoms with E-state index in [1.807, 2.05) is 36.9 Å². The van der Waals surface area contributed by atoms with Crippen LogP contribution in [0.5, 0.6) is 0 Å². The van der Waals surface area contributed by atoms with Gasteiger partial charge in [0.2, 0.25) is 5.91 Å². The third-order valence-electron chi connectivity index (χ3n) is 4.43. The van der Waals surface area contributed by atoms with Crippen molar-refractivity contribution < 1.29 is 4.79 Å². The van der Waals surface area contributed by atoms with Gasteiger partial charge in [-0.3, -0.25) is 19.4 Å². The van der Waals surface area contributed by atoms with Crippen LogP contribution in [0.25, 0.3) is 0 Å². The van der Waals surface area contributed by atoms with E-state index in [4.69, 9.17) is 5.26 Å². The molecule has 0 saturated carbocycles. The Morgan fingerprint density at radius 2 is 2.28 bits per heavy atom. The lowest BCUT2D eigenvalue weighted by atomic mass is 10.0. The van der Waals surface area contributed by atoms with Gasteiger partial charge in [0.15, 0.2) is 0 Å². The van der Waals surface area contributed by atoms with Gasteiger partial charge in [-0.25, -0.2) is 0 Å². The minimum Gasteiger partial charge on any atom is -0.349 e. The Labute approximate surface area is 147 Å². The van der Waals surface area contributed by atoms with Crippen molar-refractivity contribution in [3.8, 4) is 6.07 Å². The minimum absolute atomic E-state index is 0.119. The van der Waals surface area contributed by atoms with Crippen LogP contribution in [-0.4, -0.2) is 32.1 Å². The van der Waals surface area contributed by atoms with Crippen LogP contribution in [0, 0.1) is 18.3 Å². The van der Waals surface area contributed by atoms with Gasteiger partial charge in [-0.05, 0) is 25.5 Å². The third kappa shape index (κ3) is 4.03. The zero-order valence-corrected chi connectivity index (χ0v) is 14.6. The predicted octanol–water partition coefficient (Wildman–Crippen LogP) is 1.21. The van der Waals surface area contributed by atoms with Gasteiger partial charge >= 0.3 is 0 Å². The van der Waals surface area contributed by atoms with E-state index < -0.39 is 0 Å². The maximum Gasteiger partial charge on any atom is 0.234 e. The van der Waals surface area contributed by atoms with Crippen LogP contribution in [0.4, 0.5) is 0 Å². The van der Waals surface area contributed by atoms with Crippen molar-refractivity contribution in [3.05, 3.63) is 46.5 Å². The Morgan fingerprint density at radius 1 is 1.44 bits per heavy atom. The van der Waals surface area contributed by atoms with Gasteiger partial charge in [0, 0.05) is 37.9 Å². The van der Waals surface area contributed by atoms with E-state index in [0.717, 1.165) is 43.1 Å². The van der Waals surface area contributed by atoms with Gasteiger partial charge in [-0.1, -0.05) is 6.07 Å². The molecule has 2 aromatic heterocycles. The van der Waals surface area contributed by atoms with E-state index in [-0.39, 0.29) is 12.3 Å². The lowest BCUT2D eigenvalue weighted by Gasteiger charge is -2.27. The fraction of sp³-hybridized carbons (Fsp3) is 0.444. The molecule has 130 valence electrons. The van der Waals surface area contributed by atoms with E-state index in [0.29, 0.717) is 6.54 Å². The smallest absolute Gasteiger partial charge is 0.234 e. The Bertz CT molecular complexity index is 819. The summed E-state index contributed by atoms with van der Waals surface area (Å²) in [5.41, 5.74) is 5.41. The quantitative estimate of drug-likeness (QED) is 0.885. The summed E-state index contributed by atoms with van der Waals surface area (Å²) in [4.78, 5) is 18.4. The van der Waals surface area contributed by atoms with Crippen LogP contribution in [0.2, 0.25) is 0 Å². The number of carbonyl (C=O) groups is 1. The van der Waals surface area contributed by atoms with Crippen molar-refractivity contribution in [1.29, 1.82) is 5.26 Å². The van der Waals surface area contributed by atoms with Crippen molar-refractivity contribution in [2.24, 2.45) is 7.05 Å². The van der Waals surface area contributed by atoms with Gasteiger partial charge in [0.1, 0.15) is 6.42 Å². The molecule has 2 aromatic rings. The highest BCUT2D eigenvalue weighted by Crippen LogP contribution is 2.23. The minimum atomic E-state index is -0.259. The second-order valence-corrected chi connectivity index (χ2v) is 6.34.